The molecule has 4 rings (SSSR count). The van der Waals surface area contributed by atoms with Crippen LogP contribution in [-0.4, -0.2) is 24.2 Å². The van der Waals surface area contributed by atoms with Gasteiger partial charge in [-0.1, -0.05) is 35.1 Å². The van der Waals surface area contributed by atoms with E-state index >= 15 is 0 Å². The van der Waals surface area contributed by atoms with Crippen molar-refractivity contribution >= 4 is 51.2 Å². The Kier molecular flexibility index (Phi) is 5.36. The quantitative estimate of drug-likeness (QED) is 0.391. The van der Waals surface area contributed by atoms with Gasteiger partial charge in [-0.05, 0) is 53.7 Å². The summed E-state index contributed by atoms with van der Waals surface area (Å²) in [5.74, 6) is 1.34. The SMILES string of the molecule is COc1ccc(-c2cc(-c3ccc(Cl)cc3)c3c(N)sc(=S)nc3n2)c(OC)c1. The zero-order chi connectivity index (χ0) is 20.5. The number of methoxy groups -OCH3 is 2. The molecule has 0 atom stereocenters. The molecule has 0 unspecified atom stereocenters. The van der Waals surface area contributed by atoms with Gasteiger partial charge in [-0.25, -0.2) is 9.97 Å². The third-order valence-corrected chi connectivity index (χ3v) is 5.76. The van der Waals surface area contributed by atoms with E-state index in [4.69, 9.17) is 44.0 Å². The second-order valence-corrected chi connectivity index (χ2v) is 8.28. The molecule has 0 aliphatic rings. The van der Waals surface area contributed by atoms with E-state index in [0.29, 0.717) is 36.8 Å². The number of pyridine rings is 1. The molecular formula is C21H16ClN3O2S2. The summed E-state index contributed by atoms with van der Waals surface area (Å²) in [4.78, 5) is 9.20. The summed E-state index contributed by atoms with van der Waals surface area (Å²) in [6, 6.07) is 15.1. The van der Waals surface area contributed by atoms with Gasteiger partial charge in [0.15, 0.2) is 9.60 Å². The fourth-order valence-electron chi connectivity index (χ4n) is 3.12. The highest BCUT2D eigenvalue weighted by molar-refractivity contribution is 7.73. The minimum absolute atomic E-state index is 0.434. The summed E-state index contributed by atoms with van der Waals surface area (Å²) in [5.41, 5.74) is 10.2. The van der Waals surface area contributed by atoms with Crippen LogP contribution < -0.4 is 15.2 Å². The Morgan fingerprint density at radius 1 is 0.966 bits per heavy atom. The van der Waals surface area contributed by atoms with E-state index in [-0.39, 0.29) is 0 Å². The van der Waals surface area contributed by atoms with Crippen molar-refractivity contribution in [1.29, 1.82) is 0 Å². The zero-order valence-corrected chi connectivity index (χ0v) is 18.0. The van der Waals surface area contributed by atoms with Crippen LogP contribution in [0, 0.1) is 3.95 Å². The number of anilines is 1. The van der Waals surface area contributed by atoms with E-state index in [1.54, 1.807) is 14.2 Å². The molecule has 0 fully saturated rings. The van der Waals surface area contributed by atoms with Gasteiger partial charge in [-0.2, -0.15) is 0 Å². The highest BCUT2D eigenvalue weighted by Gasteiger charge is 2.16. The van der Waals surface area contributed by atoms with Gasteiger partial charge in [-0.15, -0.1) is 0 Å². The fourth-order valence-corrected chi connectivity index (χ4v) is 4.22. The van der Waals surface area contributed by atoms with Crippen LogP contribution in [0.1, 0.15) is 0 Å². The Hall–Kier alpha value is -2.74. The monoisotopic (exact) mass is 441 g/mol. The third kappa shape index (κ3) is 3.76. The second-order valence-electron chi connectivity index (χ2n) is 6.17. The van der Waals surface area contributed by atoms with Gasteiger partial charge in [0.1, 0.15) is 16.5 Å². The molecule has 2 aromatic carbocycles. The van der Waals surface area contributed by atoms with Crippen LogP contribution in [0.25, 0.3) is 33.4 Å². The number of benzene rings is 2. The van der Waals surface area contributed by atoms with Gasteiger partial charge in [0.25, 0.3) is 0 Å². The molecule has 146 valence electrons. The number of hydrogen-bond acceptors (Lipinski definition) is 7. The first kappa shape index (κ1) is 19.6. The van der Waals surface area contributed by atoms with E-state index in [1.807, 2.05) is 48.5 Å². The van der Waals surface area contributed by atoms with Gasteiger partial charge in [0.2, 0.25) is 0 Å². The maximum absolute atomic E-state index is 6.31. The van der Waals surface area contributed by atoms with Crippen LogP contribution in [0.3, 0.4) is 0 Å². The molecule has 8 heteroatoms. The van der Waals surface area contributed by atoms with Gasteiger partial charge in [0, 0.05) is 16.7 Å². The summed E-state index contributed by atoms with van der Waals surface area (Å²) in [6.07, 6.45) is 0. The Morgan fingerprint density at radius 2 is 1.72 bits per heavy atom. The normalized spacial score (nSPS) is 10.9. The topological polar surface area (TPSA) is 70.3 Å². The third-order valence-electron chi connectivity index (χ3n) is 4.48. The molecule has 29 heavy (non-hydrogen) atoms. The lowest BCUT2D eigenvalue weighted by molar-refractivity contribution is 0.395. The van der Waals surface area contributed by atoms with Crippen molar-refractivity contribution in [2.75, 3.05) is 20.0 Å². The maximum Gasteiger partial charge on any atom is 0.184 e. The van der Waals surface area contributed by atoms with Gasteiger partial charge in [0.05, 0.1) is 25.3 Å². The van der Waals surface area contributed by atoms with E-state index < -0.39 is 0 Å². The number of nitrogens with zero attached hydrogens (tertiary/aromatic N) is 2. The molecule has 2 heterocycles. The lowest BCUT2D eigenvalue weighted by Gasteiger charge is -2.14. The first-order valence-electron chi connectivity index (χ1n) is 8.60. The average molecular weight is 442 g/mol. The predicted octanol–water partition coefficient (Wildman–Crippen LogP) is 6.01. The number of halogens is 1. The van der Waals surface area contributed by atoms with Crippen molar-refractivity contribution in [3.05, 3.63) is 57.5 Å². The zero-order valence-electron chi connectivity index (χ0n) is 15.6. The number of aromatic nitrogens is 2. The molecule has 0 bridgehead atoms. The Balaban J connectivity index is 2.04. The van der Waals surface area contributed by atoms with E-state index in [0.717, 1.165) is 22.1 Å². The summed E-state index contributed by atoms with van der Waals surface area (Å²) in [5, 5.41) is 2.00. The van der Waals surface area contributed by atoms with E-state index in [9.17, 15) is 0 Å². The average Bonchev–Trinajstić information content (AvgIpc) is 2.72. The van der Waals surface area contributed by atoms with Crippen LogP contribution in [0.5, 0.6) is 11.5 Å². The van der Waals surface area contributed by atoms with Crippen LogP contribution >= 0.6 is 35.2 Å². The number of hydrogen-bond donors (Lipinski definition) is 1. The molecule has 5 nitrogen and oxygen atoms in total. The van der Waals surface area contributed by atoms with Crippen molar-refractivity contribution in [1.82, 2.24) is 9.97 Å². The van der Waals surface area contributed by atoms with Gasteiger partial charge in [-0.3, -0.25) is 0 Å². The lowest BCUT2D eigenvalue weighted by atomic mass is 10.00. The smallest absolute Gasteiger partial charge is 0.184 e. The molecule has 4 aromatic rings. The van der Waals surface area contributed by atoms with Crippen LogP contribution in [0.4, 0.5) is 5.00 Å². The molecule has 0 aliphatic carbocycles. The molecular weight excluding hydrogens is 426 g/mol. The van der Waals surface area contributed by atoms with Crippen molar-refractivity contribution in [2.24, 2.45) is 0 Å². The second kappa shape index (κ2) is 7.94. The van der Waals surface area contributed by atoms with Crippen LogP contribution in [0.15, 0.2) is 48.5 Å². The molecule has 0 aliphatic heterocycles. The van der Waals surface area contributed by atoms with Crippen LogP contribution in [-0.2, 0) is 0 Å². The van der Waals surface area contributed by atoms with Gasteiger partial charge >= 0.3 is 0 Å². The van der Waals surface area contributed by atoms with Crippen molar-refractivity contribution < 1.29 is 9.47 Å². The van der Waals surface area contributed by atoms with E-state index in [2.05, 4.69) is 4.98 Å². The van der Waals surface area contributed by atoms with Crippen molar-refractivity contribution in [3.63, 3.8) is 0 Å². The Morgan fingerprint density at radius 3 is 2.41 bits per heavy atom. The minimum Gasteiger partial charge on any atom is -0.497 e. The first-order chi connectivity index (χ1) is 14.0. The number of rotatable bonds is 4. The van der Waals surface area contributed by atoms with Crippen molar-refractivity contribution in [2.45, 2.75) is 0 Å². The van der Waals surface area contributed by atoms with Crippen LogP contribution in [0.2, 0.25) is 5.02 Å². The Labute approximate surface area is 181 Å². The molecule has 2 aromatic heterocycles. The summed E-state index contributed by atoms with van der Waals surface area (Å²) in [7, 11) is 3.22. The lowest BCUT2D eigenvalue weighted by Crippen LogP contribution is -1.97. The standard InChI is InChI=1S/C21H16ClN3O2S2/c1-26-13-7-8-14(17(9-13)27-2)16-10-15(11-3-5-12(22)6-4-11)18-19(23)29-21(28)25-20(18)24-16/h3-10H,23H2,1-2H3. The van der Waals surface area contributed by atoms with E-state index in [1.165, 1.54) is 11.3 Å². The predicted molar refractivity (Wildman–Crippen MR) is 122 cm³/mol. The molecule has 0 saturated heterocycles. The number of nitrogen functional groups attached to an aromatic ring is 1. The maximum atomic E-state index is 6.31. The fraction of sp³-hybridized carbons (Fsp3) is 0.0952. The summed E-state index contributed by atoms with van der Waals surface area (Å²) < 4.78 is 11.3. The molecule has 0 radical (unpaired) electrons. The molecule has 0 saturated carbocycles. The molecule has 0 spiro atoms. The summed E-state index contributed by atoms with van der Waals surface area (Å²) in [6.45, 7) is 0. The molecule has 0 amide bonds. The number of fused-ring (bicyclic) bond motifs is 1. The first-order valence-corrected chi connectivity index (χ1v) is 10.2. The Bertz CT molecular complexity index is 1270. The highest BCUT2D eigenvalue weighted by atomic mass is 35.5. The largest absolute Gasteiger partial charge is 0.497 e. The number of ether oxygens (including phenoxy) is 2. The van der Waals surface area contributed by atoms with Crippen molar-refractivity contribution in [3.8, 4) is 33.9 Å². The highest BCUT2D eigenvalue weighted by Crippen LogP contribution is 2.39. The summed E-state index contributed by atoms with van der Waals surface area (Å²) >= 11 is 12.6. The number of nitrogens with two attached hydrogens (primary N) is 1. The minimum atomic E-state index is 0.434. The molecule has 2 N–H and O–H groups in total. The van der Waals surface area contributed by atoms with Gasteiger partial charge < -0.3 is 15.2 Å².